The van der Waals surface area contributed by atoms with E-state index in [0.717, 1.165) is 44.1 Å². The van der Waals surface area contributed by atoms with Gasteiger partial charge in [-0.15, -0.1) is 0 Å². The van der Waals surface area contributed by atoms with E-state index in [9.17, 15) is 28.8 Å². The molecule has 3 rings (SSSR count). The summed E-state index contributed by atoms with van der Waals surface area (Å²) < 4.78 is 5.40. The lowest BCUT2D eigenvalue weighted by Gasteiger charge is -2.23. The largest absolute Gasteiger partial charge is 0.461 e. The van der Waals surface area contributed by atoms with Gasteiger partial charge in [-0.1, -0.05) is 70.9 Å². The zero-order valence-electron chi connectivity index (χ0n) is 28.3. The number of amides is 2. The number of carbonyl (C=O) groups is 6. The highest BCUT2D eigenvalue weighted by Gasteiger charge is 2.36. The molecule has 1 aromatic carbocycles. The SMILES string of the molecule is CC(C)C(=O)CC[C@@H]1CCC[C@H]1C(=O)N[C@H](C)C(=O)C[C@H](C)C(=O)NC[C@@H]1CCC[C@H]1C(=O)C[C@H](C)C(=O)OCc1ccccc1. The van der Waals surface area contributed by atoms with Crippen LogP contribution >= 0.6 is 0 Å². The van der Waals surface area contributed by atoms with Gasteiger partial charge in [0.05, 0.1) is 12.0 Å². The lowest BCUT2D eigenvalue weighted by Crippen LogP contribution is -2.44. The van der Waals surface area contributed by atoms with Crippen LogP contribution in [0.2, 0.25) is 0 Å². The van der Waals surface area contributed by atoms with Gasteiger partial charge in [0.1, 0.15) is 18.2 Å². The number of esters is 1. The number of nitrogens with one attached hydrogen (secondary N) is 2. The Morgan fingerprint density at radius 3 is 2.11 bits per heavy atom. The first-order valence-electron chi connectivity index (χ1n) is 17.2. The molecule has 2 amide bonds. The fourth-order valence-corrected chi connectivity index (χ4v) is 6.83. The topological polar surface area (TPSA) is 136 Å². The van der Waals surface area contributed by atoms with Gasteiger partial charge in [0.25, 0.3) is 0 Å². The molecular weight excluding hydrogens is 584 g/mol. The van der Waals surface area contributed by atoms with E-state index in [4.69, 9.17) is 4.74 Å². The van der Waals surface area contributed by atoms with E-state index in [2.05, 4.69) is 10.6 Å². The van der Waals surface area contributed by atoms with Gasteiger partial charge >= 0.3 is 5.97 Å². The van der Waals surface area contributed by atoms with E-state index < -0.39 is 23.8 Å². The first-order valence-corrected chi connectivity index (χ1v) is 17.2. The van der Waals surface area contributed by atoms with Crippen LogP contribution in [-0.4, -0.2) is 47.7 Å². The molecule has 1 aromatic rings. The maximum absolute atomic E-state index is 13.1. The predicted molar refractivity (Wildman–Crippen MR) is 175 cm³/mol. The second-order valence-corrected chi connectivity index (χ2v) is 14.0. The normalized spacial score (nSPS) is 22.9. The van der Waals surface area contributed by atoms with Crippen molar-refractivity contribution in [2.45, 2.75) is 111 Å². The molecule has 0 radical (unpaired) electrons. The zero-order chi connectivity index (χ0) is 33.8. The van der Waals surface area contributed by atoms with E-state index in [1.807, 2.05) is 44.2 Å². The van der Waals surface area contributed by atoms with Crippen LogP contribution in [0.15, 0.2) is 30.3 Å². The van der Waals surface area contributed by atoms with Crippen molar-refractivity contribution in [1.82, 2.24) is 10.6 Å². The Labute approximate surface area is 274 Å². The van der Waals surface area contributed by atoms with Crippen LogP contribution in [0.1, 0.15) is 104 Å². The summed E-state index contributed by atoms with van der Waals surface area (Å²) in [6.45, 7) is 9.35. The zero-order valence-corrected chi connectivity index (χ0v) is 28.3. The Morgan fingerprint density at radius 1 is 0.783 bits per heavy atom. The van der Waals surface area contributed by atoms with Crippen LogP contribution in [0.25, 0.3) is 0 Å². The standard InChI is InChI=1S/C37H54N2O7/c1-23(2)32(40)18-17-28-13-9-16-31(28)36(44)39-26(5)33(41)19-24(3)35(43)38-21-29-14-10-15-30(29)34(42)20-25(4)37(45)46-22-27-11-7-6-8-12-27/h6-8,11-12,23-26,28-31H,9-10,13-22H2,1-5H3,(H,38,43)(H,39,44)/t24-,25-,26+,28-,29-,30+,31+/m0/s1. The molecule has 0 spiro atoms. The average molecular weight is 639 g/mol. The molecule has 2 fully saturated rings. The number of rotatable bonds is 18. The Balaban J connectivity index is 1.39. The van der Waals surface area contributed by atoms with E-state index in [-0.39, 0.29) is 78.2 Å². The Hall–Kier alpha value is -3.36. The third kappa shape index (κ3) is 11.2. The van der Waals surface area contributed by atoms with Crippen molar-refractivity contribution in [3.8, 4) is 0 Å². The van der Waals surface area contributed by atoms with Gasteiger partial charge in [-0.3, -0.25) is 28.8 Å². The van der Waals surface area contributed by atoms with Crippen LogP contribution in [0.5, 0.6) is 0 Å². The number of benzene rings is 1. The summed E-state index contributed by atoms with van der Waals surface area (Å²) in [6.07, 6.45) is 6.31. The minimum Gasteiger partial charge on any atom is -0.461 e. The number of hydrogen-bond acceptors (Lipinski definition) is 7. The van der Waals surface area contributed by atoms with Gasteiger partial charge < -0.3 is 15.4 Å². The molecule has 9 heteroatoms. The lowest BCUT2D eigenvalue weighted by atomic mass is 9.87. The first kappa shape index (κ1) is 37.1. The highest BCUT2D eigenvalue weighted by atomic mass is 16.5. The van der Waals surface area contributed by atoms with Crippen molar-refractivity contribution < 1.29 is 33.5 Å². The van der Waals surface area contributed by atoms with Gasteiger partial charge in [0.2, 0.25) is 11.8 Å². The Bertz CT molecular complexity index is 1210. The quantitative estimate of drug-likeness (QED) is 0.206. The molecule has 7 atom stereocenters. The lowest BCUT2D eigenvalue weighted by molar-refractivity contribution is -0.151. The van der Waals surface area contributed by atoms with Crippen LogP contribution in [0.3, 0.4) is 0 Å². The van der Waals surface area contributed by atoms with Crippen molar-refractivity contribution in [2.75, 3.05) is 6.54 Å². The summed E-state index contributed by atoms with van der Waals surface area (Å²) in [4.78, 5) is 76.6. The molecule has 9 nitrogen and oxygen atoms in total. The summed E-state index contributed by atoms with van der Waals surface area (Å²) >= 11 is 0. The monoisotopic (exact) mass is 638 g/mol. The minimum absolute atomic E-state index is 0.000100. The Kier molecular flexibility index (Phi) is 14.6. The molecule has 2 N–H and O–H groups in total. The summed E-state index contributed by atoms with van der Waals surface area (Å²) in [5.41, 5.74) is 0.890. The summed E-state index contributed by atoms with van der Waals surface area (Å²) in [6, 6.07) is 8.69. The van der Waals surface area contributed by atoms with Crippen LogP contribution < -0.4 is 10.6 Å². The number of hydrogen-bond donors (Lipinski definition) is 2. The molecule has 2 aliphatic carbocycles. The van der Waals surface area contributed by atoms with Crippen LogP contribution in [-0.2, 0) is 40.1 Å². The number of ketones is 3. The van der Waals surface area contributed by atoms with Gasteiger partial charge in [0.15, 0.2) is 5.78 Å². The van der Waals surface area contributed by atoms with Gasteiger partial charge in [-0.2, -0.15) is 0 Å². The third-order valence-corrected chi connectivity index (χ3v) is 9.94. The predicted octanol–water partition coefficient (Wildman–Crippen LogP) is 5.38. The molecule has 0 saturated heterocycles. The molecule has 46 heavy (non-hydrogen) atoms. The molecule has 0 bridgehead atoms. The maximum atomic E-state index is 13.1. The van der Waals surface area contributed by atoms with Crippen LogP contribution in [0, 0.1) is 41.4 Å². The first-order chi connectivity index (χ1) is 21.9. The fourth-order valence-electron chi connectivity index (χ4n) is 6.83. The van der Waals surface area contributed by atoms with Crippen molar-refractivity contribution in [2.24, 2.45) is 41.4 Å². The molecule has 0 unspecified atom stereocenters. The second kappa shape index (κ2) is 18.1. The molecule has 0 heterocycles. The number of ether oxygens (including phenoxy) is 1. The molecule has 2 aliphatic rings. The summed E-state index contributed by atoms with van der Waals surface area (Å²) in [5, 5.41) is 5.81. The molecule has 254 valence electrons. The molecule has 0 aromatic heterocycles. The van der Waals surface area contributed by atoms with E-state index in [1.54, 1.807) is 20.8 Å². The van der Waals surface area contributed by atoms with Gasteiger partial charge in [-0.05, 0) is 56.4 Å². The van der Waals surface area contributed by atoms with E-state index >= 15 is 0 Å². The molecule has 2 saturated carbocycles. The van der Waals surface area contributed by atoms with E-state index in [1.165, 1.54) is 0 Å². The van der Waals surface area contributed by atoms with Crippen LogP contribution in [0.4, 0.5) is 0 Å². The maximum Gasteiger partial charge on any atom is 0.309 e. The number of carbonyl (C=O) groups excluding carboxylic acids is 6. The van der Waals surface area contributed by atoms with Crippen molar-refractivity contribution in [3.63, 3.8) is 0 Å². The van der Waals surface area contributed by atoms with Gasteiger partial charge in [0, 0.05) is 49.5 Å². The average Bonchev–Trinajstić information content (AvgIpc) is 3.71. The van der Waals surface area contributed by atoms with Gasteiger partial charge in [-0.25, -0.2) is 0 Å². The highest BCUT2D eigenvalue weighted by molar-refractivity contribution is 5.92. The fraction of sp³-hybridized carbons (Fsp3) is 0.676. The number of Topliss-reactive ketones (excluding diaryl/α,β-unsaturated/α-hetero) is 3. The molecule has 0 aliphatic heterocycles. The Morgan fingerprint density at radius 2 is 1.43 bits per heavy atom. The summed E-state index contributed by atoms with van der Waals surface area (Å²) in [7, 11) is 0. The minimum atomic E-state index is -0.709. The van der Waals surface area contributed by atoms with E-state index in [0.29, 0.717) is 19.4 Å². The van der Waals surface area contributed by atoms with Crippen molar-refractivity contribution >= 4 is 35.1 Å². The van der Waals surface area contributed by atoms with Crippen molar-refractivity contribution in [1.29, 1.82) is 0 Å². The smallest absolute Gasteiger partial charge is 0.309 e. The summed E-state index contributed by atoms with van der Waals surface area (Å²) in [5.74, 6) is -2.19. The second-order valence-electron chi connectivity index (χ2n) is 14.0. The third-order valence-electron chi connectivity index (χ3n) is 9.94. The molecular formula is C37H54N2O7. The van der Waals surface area contributed by atoms with Crippen molar-refractivity contribution in [3.05, 3.63) is 35.9 Å². The highest BCUT2D eigenvalue weighted by Crippen LogP contribution is 2.36.